The van der Waals surface area contributed by atoms with Gasteiger partial charge in [0.25, 0.3) is 0 Å². The fraction of sp³-hybridized carbons (Fsp3) is 0.615. The number of nitrogens with zero attached hydrogens (tertiary/aromatic N) is 2. The summed E-state index contributed by atoms with van der Waals surface area (Å²) in [6.45, 7) is 7.30. The predicted octanol–water partition coefficient (Wildman–Crippen LogP) is 1.56. The van der Waals surface area contributed by atoms with Gasteiger partial charge in [-0.2, -0.15) is 0 Å². The Kier molecular flexibility index (Phi) is 3.56. The van der Waals surface area contributed by atoms with Crippen LogP contribution in [0.3, 0.4) is 0 Å². The Bertz CT molecular complexity index is 351. The van der Waals surface area contributed by atoms with E-state index < -0.39 is 0 Å². The van der Waals surface area contributed by atoms with E-state index in [0.717, 1.165) is 25.6 Å². The van der Waals surface area contributed by atoms with E-state index in [0.29, 0.717) is 6.04 Å². The zero-order valence-corrected chi connectivity index (χ0v) is 10.2. The average molecular weight is 219 g/mol. The average Bonchev–Trinajstić information content (AvgIpc) is 2.59. The Morgan fingerprint density at radius 1 is 1.50 bits per heavy atom. The van der Waals surface area contributed by atoms with Gasteiger partial charge in [0.05, 0.1) is 0 Å². The van der Waals surface area contributed by atoms with Crippen LogP contribution in [0.25, 0.3) is 0 Å². The second-order valence-corrected chi connectivity index (χ2v) is 4.91. The van der Waals surface area contributed by atoms with E-state index in [1.54, 1.807) is 0 Å². The third-order valence-electron chi connectivity index (χ3n) is 3.56. The number of nitrogens with two attached hydrogens (primary N) is 1. The molecule has 88 valence electrons. The van der Waals surface area contributed by atoms with Crippen LogP contribution in [0.15, 0.2) is 18.5 Å². The van der Waals surface area contributed by atoms with Crippen LogP contribution in [0.4, 0.5) is 0 Å². The van der Waals surface area contributed by atoms with E-state index in [9.17, 15) is 0 Å². The Morgan fingerprint density at radius 3 is 3.00 bits per heavy atom. The SMILES string of the molecule is Cc1cncc(CN2CCC(C)C2CN)c1. The van der Waals surface area contributed by atoms with Crippen molar-refractivity contribution in [2.75, 3.05) is 13.1 Å². The lowest BCUT2D eigenvalue weighted by Gasteiger charge is -2.25. The number of hydrogen-bond donors (Lipinski definition) is 1. The van der Waals surface area contributed by atoms with Crippen molar-refractivity contribution < 1.29 is 0 Å². The maximum atomic E-state index is 5.84. The standard InChI is InChI=1S/C13H21N3/c1-10-5-12(8-15-7-10)9-16-4-3-11(2)13(16)6-14/h5,7-8,11,13H,3-4,6,9,14H2,1-2H3. The summed E-state index contributed by atoms with van der Waals surface area (Å²) in [6.07, 6.45) is 5.13. The maximum absolute atomic E-state index is 5.84. The molecule has 2 atom stereocenters. The van der Waals surface area contributed by atoms with Crippen LogP contribution in [0.5, 0.6) is 0 Å². The lowest BCUT2D eigenvalue weighted by molar-refractivity contribution is 0.228. The number of aryl methyl sites for hydroxylation is 1. The van der Waals surface area contributed by atoms with Crippen molar-refractivity contribution in [3.8, 4) is 0 Å². The molecule has 2 N–H and O–H groups in total. The second-order valence-electron chi connectivity index (χ2n) is 4.91. The van der Waals surface area contributed by atoms with Crippen molar-refractivity contribution in [2.24, 2.45) is 11.7 Å². The van der Waals surface area contributed by atoms with Crippen LogP contribution >= 0.6 is 0 Å². The van der Waals surface area contributed by atoms with E-state index in [1.807, 2.05) is 12.4 Å². The molecule has 0 saturated carbocycles. The molecule has 3 heteroatoms. The molecule has 1 aromatic heterocycles. The highest BCUT2D eigenvalue weighted by Gasteiger charge is 2.29. The van der Waals surface area contributed by atoms with Crippen LogP contribution in [0, 0.1) is 12.8 Å². The minimum absolute atomic E-state index is 0.542. The van der Waals surface area contributed by atoms with Gasteiger partial charge in [0.2, 0.25) is 0 Å². The first kappa shape index (κ1) is 11.6. The largest absolute Gasteiger partial charge is 0.329 e. The minimum atomic E-state index is 0.542. The summed E-state index contributed by atoms with van der Waals surface area (Å²) in [5.74, 6) is 0.725. The van der Waals surface area contributed by atoms with Crippen LogP contribution in [0.2, 0.25) is 0 Å². The lowest BCUT2D eigenvalue weighted by Crippen LogP contribution is -2.37. The zero-order chi connectivity index (χ0) is 11.5. The summed E-state index contributed by atoms with van der Waals surface area (Å²) >= 11 is 0. The van der Waals surface area contributed by atoms with Gasteiger partial charge in [-0.25, -0.2) is 0 Å². The molecular formula is C13H21N3. The van der Waals surface area contributed by atoms with E-state index in [-0.39, 0.29) is 0 Å². The molecule has 2 heterocycles. The Labute approximate surface area is 97.7 Å². The molecule has 0 spiro atoms. The van der Waals surface area contributed by atoms with Gasteiger partial charge < -0.3 is 5.73 Å². The highest BCUT2D eigenvalue weighted by atomic mass is 15.2. The lowest BCUT2D eigenvalue weighted by atomic mass is 10.0. The highest BCUT2D eigenvalue weighted by molar-refractivity contribution is 5.16. The van der Waals surface area contributed by atoms with Gasteiger partial charge in [0.1, 0.15) is 0 Å². The second kappa shape index (κ2) is 4.93. The van der Waals surface area contributed by atoms with E-state index in [1.165, 1.54) is 17.5 Å². The summed E-state index contributed by atoms with van der Waals surface area (Å²) in [5.41, 5.74) is 8.37. The molecule has 1 aromatic rings. The number of hydrogen-bond acceptors (Lipinski definition) is 3. The third-order valence-corrected chi connectivity index (χ3v) is 3.56. The molecule has 0 amide bonds. The molecule has 0 bridgehead atoms. The van der Waals surface area contributed by atoms with Crippen LogP contribution in [0.1, 0.15) is 24.5 Å². The topological polar surface area (TPSA) is 42.2 Å². The van der Waals surface area contributed by atoms with E-state index in [2.05, 4.69) is 29.8 Å². The van der Waals surface area contributed by atoms with Gasteiger partial charge in [-0.05, 0) is 36.9 Å². The molecule has 1 saturated heterocycles. The van der Waals surface area contributed by atoms with E-state index in [4.69, 9.17) is 5.73 Å². The van der Waals surface area contributed by atoms with E-state index >= 15 is 0 Å². The Balaban J connectivity index is 2.04. The molecule has 2 unspecified atom stereocenters. The van der Waals surface area contributed by atoms with Gasteiger partial charge >= 0.3 is 0 Å². The van der Waals surface area contributed by atoms with Crippen molar-refractivity contribution in [1.29, 1.82) is 0 Å². The van der Waals surface area contributed by atoms with Crippen LogP contribution in [-0.2, 0) is 6.54 Å². The number of rotatable bonds is 3. The summed E-state index contributed by atoms with van der Waals surface area (Å²) in [6, 6.07) is 2.75. The molecule has 2 rings (SSSR count). The van der Waals surface area contributed by atoms with Gasteiger partial charge in [0, 0.05) is 31.5 Å². The first-order valence-corrected chi connectivity index (χ1v) is 6.05. The molecule has 1 aliphatic rings. The molecule has 0 radical (unpaired) electrons. The molecule has 0 aliphatic carbocycles. The smallest absolute Gasteiger partial charge is 0.0313 e. The molecular weight excluding hydrogens is 198 g/mol. The molecule has 1 aliphatic heterocycles. The van der Waals surface area contributed by atoms with Gasteiger partial charge in [-0.15, -0.1) is 0 Å². The summed E-state index contributed by atoms with van der Waals surface area (Å²) in [5, 5.41) is 0. The molecule has 16 heavy (non-hydrogen) atoms. The number of aromatic nitrogens is 1. The molecule has 0 aromatic carbocycles. The van der Waals surface area contributed by atoms with Gasteiger partial charge in [0.15, 0.2) is 0 Å². The fourth-order valence-electron chi connectivity index (χ4n) is 2.60. The number of pyridine rings is 1. The van der Waals surface area contributed by atoms with Crippen molar-refractivity contribution in [1.82, 2.24) is 9.88 Å². The van der Waals surface area contributed by atoms with Gasteiger partial charge in [-0.1, -0.05) is 13.0 Å². The Hall–Kier alpha value is -0.930. The van der Waals surface area contributed by atoms with Crippen LogP contribution < -0.4 is 5.73 Å². The Morgan fingerprint density at radius 2 is 2.31 bits per heavy atom. The summed E-state index contributed by atoms with van der Waals surface area (Å²) < 4.78 is 0. The van der Waals surface area contributed by atoms with Crippen molar-refractivity contribution in [2.45, 2.75) is 32.9 Å². The minimum Gasteiger partial charge on any atom is -0.329 e. The third kappa shape index (κ3) is 2.42. The zero-order valence-electron chi connectivity index (χ0n) is 10.2. The highest BCUT2D eigenvalue weighted by Crippen LogP contribution is 2.24. The first-order chi connectivity index (χ1) is 7.70. The van der Waals surface area contributed by atoms with Gasteiger partial charge in [-0.3, -0.25) is 9.88 Å². The van der Waals surface area contributed by atoms with Crippen molar-refractivity contribution in [3.63, 3.8) is 0 Å². The molecule has 1 fully saturated rings. The maximum Gasteiger partial charge on any atom is 0.0313 e. The monoisotopic (exact) mass is 219 g/mol. The first-order valence-electron chi connectivity index (χ1n) is 6.05. The molecule has 3 nitrogen and oxygen atoms in total. The van der Waals surface area contributed by atoms with Crippen LogP contribution in [-0.4, -0.2) is 29.0 Å². The predicted molar refractivity (Wildman–Crippen MR) is 66.0 cm³/mol. The quantitative estimate of drug-likeness (QED) is 0.839. The van der Waals surface area contributed by atoms with Crippen molar-refractivity contribution >= 4 is 0 Å². The fourth-order valence-corrected chi connectivity index (χ4v) is 2.60. The van der Waals surface area contributed by atoms with Crippen molar-refractivity contribution in [3.05, 3.63) is 29.6 Å². The normalized spacial score (nSPS) is 26.2. The summed E-state index contributed by atoms with van der Waals surface area (Å²) in [4.78, 5) is 6.73. The summed E-state index contributed by atoms with van der Waals surface area (Å²) in [7, 11) is 0. The number of likely N-dealkylation sites (tertiary alicyclic amines) is 1.